The smallest absolute Gasteiger partial charge is 0.308 e. The highest BCUT2D eigenvalue weighted by atomic mass is 16.7. The largest absolute Gasteiger partial charge is 0.507 e. The number of benzene rings is 6. The predicted octanol–water partition coefficient (Wildman–Crippen LogP) is 7.81. The van der Waals surface area contributed by atoms with Crippen LogP contribution in [0.25, 0.3) is 0 Å². The molecule has 6 aromatic carbocycles. The van der Waals surface area contributed by atoms with Crippen LogP contribution in [0.4, 0.5) is 0 Å². The molecule has 4 bridgehead atoms. The molecule has 0 spiro atoms. The van der Waals surface area contributed by atoms with Crippen LogP contribution in [0.2, 0.25) is 0 Å². The molecule has 1 N–H and O–H groups in total. The van der Waals surface area contributed by atoms with E-state index in [2.05, 4.69) is 43.9 Å². The highest BCUT2D eigenvalue weighted by Gasteiger charge is 2.60. The van der Waals surface area contributed by atoms with Crippen LogP contribution in [0, 0.1) is 50.4 Å². The second-order valence-electron chi connectivity index (χ2n) is 26.7. The van der Waals surface area contributed by atoms with Gasteiger partial charge in [0.05, 0.1) is 72.8 Å². The van der Waals surface area contributed by atoms with Gasteiger partial charge in [-0.3, -0.25) is 53.4 Å². The number of rotatable bonds is 13. The second-order valence-corrected chi connectivity index (χ2v) is 26.7. The van der Waals surface area contributed by atoms with Gasteiger partial charge in [0.25, 0.3) is 23.6 Å². The Balaban J connectivity index is 0.000000162. The summed E-state index contributed by atoms with van der Waals surface area (Å²) in [6.07, 6.45) is 1.79. The van der Waals surface area contributed by atoms with Crippen LogP contribution in [-0.2, 0) is 40.0 Å². The molecule has 10 heterocycles. The number of carbonyl (C=O) groups is 5. The fourth-order valence-electron chi connectivity index (χ4n) is 17.9. The number of hydrogen-bond acceptors (Lipinski definition) is 23. The Hall–Kier alpha value is -9.99. The lowest BCUT2D eigenvalue weighted by Crippen LogP contribution is -2.69. The van der Waals surface area contributed by atoms with Crippen molar-refractivity contribution in [3.8, 4) is 69.6 Å². The third-order valence-electron chi connectivity index (χ3n) is 21.9. The number of esters is 1. The van der Waals surface area contributed by atoms with Crippen LogP contribution in [0.1, 0.15) is 139 Å². The summed E-state index contributed by atoms with van der Waals surface area (Å²) in [5, 5.41) is 33.8. The van der Waals surface area contributed by atoms with Crippen LogP contribution in [-0.4, -0.2) is 183 Å². The van der Waals surface area contributed by atoms with Crippen LogP contribution < -0.4 is 42.6 Å². The van der Waals surface area contributed by atoms with Crippen molar-refractivity contribution in [3.63, 3.8) is 0 Å². The van der Waals surface area contributed by atoms with Gasteiger partial charge in [0.2, 0.25) is 13.6 Å². The molecular formula is C74H74N8O17. The monoisotopic (exact) mass is 1350 g/mol. The quantitative estimate of drug-likeness (QED) is 0.0499. The molecule has 2 fully saturated rings. The fourth-order valence-corrected chi connectivity index (χ4v) is 17.9. The van der Waals surface area contributed by atoms with E-state index in [1.54, 1.807) is 83.9 Å². The summed E-state index contributed by atoms with van der Waals surface area (Å²) < 4.78 is 65.0. The lowest BCUT2D eigenvalue weighted by molar-refractivity contribution is -0.132. The molecule has 0 aliphatic carbocycles. The normalized spacial score (nSPS) is 24.8. The predicted molar refractivity (Wildman–Crippen MR) is 351 cm³/mol. The van der Waals surface area contributed by atoms with Crippen molar-refractivity contribution in [2.24, 2.45) is 0 Å². The Kier molecular flexibility index (Phi) is 16.3. The van der Waals surface area contributed by atoms with Gasteiger partial charge in [-0.05, 0) is 114 Å². The topological polar surface area (TPSA) is 274 Å². The van der Waals surface area contributed by atoms with Crippen molar-refractivity contribution < 1.29 is 81.2 Å². The van der Waals surface area contributed by atoms with Crippen molar-refractivity contribution in [2.45, 2.75) is 121 Å². The number of aromatic hydroxyl groups is 1. The molecule has 99 heavy (non-hydrogen) atoms. The zero-order valence-electron chi connectivity index (χ0n) is 56.7. The van der Waals surface area contributed by atoms with Gasteiger partial charge >= 0.3 is 5.97 Å². The summed E-state index contributed by atoms with van der Waals surface area (Å²) in [6, 6.07) is 18.3. The number of imide groups is 2. The van der Waals surface area contributed by atoms with Gasteiger partial charge in [-0.15, -0.1) is 0 Å². The van der Waals surface area contributed by atoms with E-state index in [9.17, 15) is 39.6 Å². The standard InChI is InChI=1S/C38H38N4O9.C36H36N4O8/c1-18-11-21-12-25-27(14-39)42-26(31(40(25)4)29(21)35(32(18)47-6)48-16-46-5)13-24-30(36-34(49-17-50-36)19(2)33(24)51-20(3)43)28(42)15-41-37(44)22-9-7-8-10-23(22)38(41)45;1-17-10-19-11-23-25(13-37)40-24(29(38(23)3)27(19)33(31(17)45-5)46-15-44-4)12-22-28(34-32(47-16-48-34)18(2)30(22)41)26(40)14-39-35(42)20-8-6-7-9-21(20)36(39)43/h7-11,25-28,31H,12-13,15-17H2,1-6H3;6-10,23-26,29,41H,11-12,14-16H2,1-5H3/t25-,26?,27?,28-,31-;23-,24?,25?,26-,29-/m00/s1. The summed E-state index contributed by atoms with van der Waals surface area (Å²) in [4.78, 5) is 79.3. The summed E-state index contributed by atoms with van der Waals surface area (Å²) in [7, 11) is 10.4. The number of nitriles is 2. The third-order valence-corrected chi connectivity index (χ3v) is 21.9. The second kappa shape index (κ2) is 24.8. The minimum Gasteiger partial charge on any atom is -0.507 e. The van der Waals surface area contributed by atoms with Crippen molar-refractivity contribution in [2.75, 3.05) is 82.8 Å². The number of likely N-dealkylation sites (N-methyl/N-ethyl adjacent to an activating group) is 2. The van der Waals surface area contributed by atoms with Crippen molar-refractivity contribution >= 4 is 29.6 Å². The van der Waals surface area contributed by atoms with Crippen LogP contribution >= 0.6 is 0 Å². The number of hydrogen-bond donors (Lipinski definition) is 1. The number of methoxy groups -OCH3 is 4. The molecule has 4 unspecified atom stereocenters. The van der Waals surface area contributed by atoms with E-state index >= 15 is 0 Å². The van der Waals surface area contributed by atoms with Crippen molar-refractivity contribution in [3.05, 3.63) is 150 Å². The van der Waals surface area contributed by atoms with E-state index in [1.165, 1.54) is 16.7 Å². The highest BCUT2D eigenvalue weighted by molar-refractivity contribution is 6.22. The Bertz CT molecular complexity index is 4490. The molecule has 4 amide bonds. The first-order valence-electron chi connectivity index (χ1n) is 32.9. The molecule has 0 aromatic heterocycles. The Labute approximate surface area is 571 Å². The van der Waals surface area contributed by atoms with E-state index in [0.29, 0.717) is 133 Å². The summed E-state index contributed by atoms with van der Waals surface area (Å²) in [5.74, 6) is 2.43. The average molecular weight is 1350 g/mol. The van der Waals surface area contributed by atoms with Gasteiger partial charge in [-0.1, -0.05) is 36.4 Å². The first-order chi connectivity index (χ1) is 47.8. The summed E-state index contributed by atoms with van der Waals surface area (Å²) >= 11 is 0. The van der Waals surface area contributed by atoms with Crippen LogP contribution in [0.15, 0.2) is 60.7 Å². The molecule has 25 heteroatoms. The number of nitrogens with zero attached hydrogens (tertiary/aromatic N) is 8. The Morgan fingerprint density at radius 2 is 0.929 bits per heavy atom. The highest BCUT2D eigenvalue weighted by Crippen LogP contribution is 2.62. The zero-order chi connectivity index (χ0) is 69.5. The van der Waals surface area contributed by atoms with E-state index in [-0.39, 0.29) is 76.2 Å². The molecule has 10 aliphatic heterocycles. The maximum atomic E-state index is 13.9. The van der Waals surface area contributed by atoms with E-state index in [4.69, 9.17) is 52.1 Å². The molecule has 16 rings (SSSR count). The lowest BCUT2D eigenvalue weighted by atomic mass is 9.71. The molecule has 512 valence electrons. The Morgan fingerprint density at radius 1 is 0.535 bits per heavy atom. The molecule has 0 saturated carbocycles. The number of fused-ring (bicyclic) bond motifs is 20. The minimum atomic E-state index is -0.730. The first kappa shape index (κ1) is 65.0. The fraction of sp³-hybridized carbons (Fsp3) is 0.419. The molecule has 0 radical (unpaired) electrons. The molecule has 10 aliphatic rings. The van der Waals surface area contributed by atoms with E-state index < -0.39 is 59.8 Å². The number of carbonyl (C=O) groups excluding carboxylic acids is 5. The van der Waals surface area contributed by atoms with Gasteiger partial charge in [-0.25, -0.2) is 0 Å². The SMILES string of the molecule is COCOc1c(OC)c(C)cc2c1[C@@H]1C3Cc4c(O)c(C)c5c(c4[C@H](CN4C(=O)c6ccccc6C4=O)N3C(C#N)[C@H](C2)N1C)OCO5.COCOc1c(OC)c(C)cc2c1[C@@H]1C3Cc4c(OC(C)=O)c(C)c5c(c4[C@H](CN4C(=O)c6ccccc6C4=O)N3C(C#N)[C@H](C2)N1C)OCO5. The van der Waals surface area contributed by atoms with Gasteiger partial charge in [-0.2, -0.15) is 10.5 Å². The Morgan fingerprint density at radius 3 is 1.32 bits per heavy atom. The zero-order valence-corrected chi connectivity index (χ0v) is 56.7. The number of phenols is 1. The van der Waals surface area contributed by atoms with Crippen molar-refractivity contribution in [1.82, 2.24) is 29.4 Å². The van der Waals surface area contributed by atoms with E-state index in [1.807, 2.05) is 34.9 Å². The number of piperazine rings is 2. The summed E-state index contributed by atoms with van der Waals surface area (Å²) in [6.45, 7) is 8.68. The molecule has 6 aromatic rings. The van der Waals surface area contributed by atoms with Gasteiger partial charge in [0.15, 0.2) is 59.6 Å². The van der Waals surface area contributed by atoms with Gasteiger partial charge in [0, 0.05) is 103 Å². The average Bonchev–Trinajstić information content (AvgIpc) is 1.19. The third kappa shape index (κ3) is 9.63. The number of ether oxygens (including phenoxy) is 11. The molecule has 25 nitrogen and oxygen atoms in total. The van der Waals surface area contributed by atoms with E-state index in [0.717, 1.165) is 33.4 Å². The van der Waals surface area contributed by atoms with Crippen molar-refractivity contribution in [1.29, 1.82) is 10.5 Å². The number of aryl methyl sites for hydroxylation is 2. The van der Waals surface area contributed by atoms with Crippen LogP contribution in [0.3, 0.4) is 0 Å². The molecular weight excluding hydrogens is 1270 g/mol. The maximum Gasteiger partial charge on any atom is 0.308 e. The van der Waals surface area contributed by atoms with Gasteiger partial charge in [0.1, 0.15) is 23.6 Å². The number of amides is 4. The number of phenolic OH excluding ortho intramolecular Hbond substituents is 1. The maximum absolute atomic E-state index is 13.9. The lowest BCUT2D eigenvalue weighted by Gasteiger charge is -2.60. The van der Waals surface area contributed by atoms with Gasteiger partial charge < -0.3 is 57.2 Å². The first-order valence-corrected chi connectivity index (χ1v) is 32.9. The molecule has 2 saturated heterocycles. The molecule has 10 atom stereocenters. The summed E-state index contributed by atoms with van der Waals surface area (Å²) in [5.41, 5.74) is 10.9. The minimum absolute atomic E-state index is 0.00815. The van der Waals surface area contributed by atoms with Crippen LogP contribution in [0.5, 0.6) is 57.5 Å².